The molecule has 2 rings (SSSR count). The van der Waals surface area contributed by atoms with Crippen LogP contribution in [0.25, 0.3) is 0 Å². The third kappa shape index (κ3) is 2.37. The molecule has 1 nitrogen and oxygen atoms in total. The van der Waals surface area contributed by atoms with E-state index >= 15 is 0 Å². The van der Waals surface area contributed by atoms with Crippen LogP contribution in [0.5, 0.6) is 0 Å². The summed E-state index contributed by atoms with van der Waals surface area (Å²) < 4.78 is 0. The minimum atomic E-state index is 0.0654. The Labute approximate surface area is 105 Å². The van der Waals surface area contributed by atoms with E-state index in [4.69, 9.17) is 5.73 Å². The van der Waals surface area contributed by atoms with Crippen LogP contribution in [-0.4, -0.2) is 0 Å². The molecule has 2 heterocycles. The second-order valence-corrected chi connectivity index (χ2v) is 6.19. The van der Waals surface area contributed by atoms with E-state index in [2.05, 4.69) is 38.1 Å². The number of nitrogens with two attached hydrogens (primary N) is 1. The number of hydrogen-bond acceptors (Lipinski definition) is 3. The van der Waals surface area contributed by atoms with Crippen LogP contribution in [-0.2, 0) is 12.8 Å². The first-order valence-electron chi connectivity index (χ1n) is 5.67. The van der Waals surface area contributed by atoms with E-state index in [1.807, 2.05) is 22.7 Å². The van der Waals surface area contributed by atoms with Gasteiger partial charge in [-0.3, -0.25) is 0 Å². The van der Waals surface area contributed by atoms with Crippen LogP contribution < -0.4 is 5.73 Å². The van der Waals surface area contributed by atoms with Gasteiger partial charge in [0.2, 0.25) is 0 Å². The summed E-state index contributed by atoms with van der Waals surface area (Å²) >= 11 is 3.67. The number of hydrogen-bond donors (Lipinski definition) is 1. The lowest BCUT2D eigenvalue weighted by Crippen LogP contribution is -2.07. The third-order valence-electron chi connectivity index (χ3n) is 2.67. The molecule has 2 aromatic heterocycles. The molecular formula is C13H17NS2. The van der Waals surface area contributed by atoms with Crippen molar-refractivity contribution in [3.05, 3.63) is 43.8 Å². The lowest BCUT2D eigenvalue weighted by Gasteiger charge is -2.06. The molecule has 0 aliphatic heterocycles. The molecule has 0 aliphatic carbocycles. The average molecular weight is 251 g/mol. The van der Waals surface area contributed by atoms with E-state index in [1.54, 1.807) is 0 Å². The van der Waals surface area contributed by atoms with Gasteiger partial charge in [0.25, 0.3) is 0 Å². The van der Waals surface area contributed by atoms with Gasteiger partial charge in [-0.05, 0) is 37.1 Å². The molecule has 0 bridgehead atoms. The fraction of sp³-hybridized carbons (Fsp3) is 0.385. The summed E-state index contributed by atoms with van der Waals surface area (Å²) in [6, 6.07) is 8.78. The molecule has 0 spiro atoms. The Hall–Kier alpha value is -0.640. The van der Waals surface area contributed by atoms with Gasteiger partial charge in [0.05, 0.1) is 6.04 Å². The number of rotatable bonds is 4. The predicted molar refractivity (Wildman–Crippen MR) is 73.4 cm³/mol. The van der Waals surface area contributed by atoms with Crippen molar-refractivity contribution in [2.24, 2.45) is 5.73 Å². The van der Waals surface area contributed by atoms with Gasteiger partial charge in [-0.1, -0.05) is 13.8 Å². The van der Waals surface area contributed by atoms with Crippen molar-refractivity contribution in [1.29, 1.82) is 0 Å². The van der Waals surface area contributed by atoms with Gasteiger partial charge in [0.1, 0.15) is 0 Å². The highest BCUT2D eigenvalue weighted by Crippen LogP contribution is 2.31. The van der Waals surface area contributed by atoms with E-state index in [0.29, 0.717) is 0 Å². The second-order valence-electron chi connectivity index (χ2n) is 3.79. The molecule has 0 atom stereocenters. The molecule has 0 aliphatic rings. The topological polar surface area (TPSA) is 26.0 Å². The summed E-state index contributed by atoms with van der Waals surface area (Å²) in [6.45, 7) is 4.36. The standard InChI is InChI=1S/C13H17NS2/c1-3-9-5-7-11(15-9)13(14)12-8-6-10(4-2)16-12/h5-8,13H,3-4,14H2,1-2H3. The SMILES string of the molecule is CCc1ccc(C(N)c2ccc(CC)s2)s1. The fourth-order valence-corrected chi connectivity index (χ4v) is 3.66. The average Bonchev–Trinajstić information content (AvgIpc) is 2.97. The summed E-state index contributed by atoms with van der Waals surface area (Å²) in [4.78, 5) is 5.39. The summed E-state index contributed by atoms with van der Waals surface area (Å²) in [7, 11) is 0. The summed E-state index contributed by atoms with van der Waals surface area (Å²) in [5, 5.41) is 0. The molecule has 0 saturated carbocycles. The first kappa shape index (κ1) is 11.8. The lowest BCUT2D eigenvalue weighted by molar-refractivity contribution is 0.917. The molecule has 0 fully saturated rings. The van der Waals surface area contributed by atoms with Gasteiger partial charge in [-0.2, -0.15) is 0 Å². The van der Waals surface area contributed by atoms with E-state index in [-0.39, 0.29) is 6.04 Å². The molecule has 16 heavy (non-hydrogen) atoms. The van der Waals surface area contributed by atoms with Gasteiger partial charge in [0, 0.05) is 19.5 Å². The molecule has 0 radical (unpaired) electrons. The Morgan fingerprint density at radius 2 is 1.38 bits per heavy atom. The van der Waals surface area contributed by atoms with Crippen molar-refractivity contribution < 1.29 is 0 Å². The maximum absolute atomic E-state index is 6.27. The van der Waals surface area contributed by atoms with Crippen LogP contribution in [0.2, 0.25) is 0 Å². The number of aryl methyl sites for hydroxylation is 2. The van der Waals surface area contributed by atoms with Crippen LogP contribution >= 0.6 is 22.7 Å². The summed E-state index contributed by atoms with van der Waals surface area (Å²) in [6.07, 6.45) is 2.20. The zero-order chi connectivity index (χ0) is 11.5. The highest BCUT2D eigenvalue weighted by molar-refractivity contribution is 7.13. The molecule has 0 amide bonds. The van der Waals surface area contributed by atoms with Gasteiger partial charge < -0.3 is 5.73 Å². The Morgan fingerprint density at radius 3 is 1.69 bits per heavy atom. The van der Waals surface area contributed by atoms with Crippen molar-refractivity contribution in [3.63, 3.8) is 0 Å². The molecule has 2 N–H and O–H groups in total. The van der Waals surface area contributed by atoms with Gasteiger partial charge in [0.15, 0.2) is 0 Å². The van der Waals surface area contributed by atoms with Gasteiger partial charge >= 0.3 is 0 Å². The Balaban J connectivity index is 2.20. The van der Waals surface area contributed by atoms with Gasteiger partial charge in [-0.15, -0.1) is 22.7 Å². The smallest absolute Gasteiger partial charge is 0.0740 e. The number of thiophene rings is 2. The fourth-order valence-electron chi connectivity index (χ4n) is 1.64. The third-order valence-corrected chi connectivity index (χ3v) is 5.30. The van der Waals surface area contributed by atoms with Crippen molar-refractivity contribution in [1.82, 2.24) is 0 Å². The molecule has 0 unspecified atom stereocenters. The largest absolute Gasteiger partial charge is 0.319 e. The maximum atomic E-state index is 6.27. The monoisotopic (exact) mass is 251 g/mol. The highest BCUT2D eigenvalue weighted by atomic mass is 32.1. The lowest BCUT2D eigenvalue weighted by atomic mass is 10.2. The Bertz CT molecular complexity index is 414. The van der Waals surface area contributed by atoms with Crippen LogP contribution in [0.4, 0.5) is 0 Å². The molecular weight excluding hydrogens is 234 g/mol. The van der Waals surface area contributed by atoms with Crippen LogP contribution in [0, 0.1) is 0 Å². The second kappa shape index (κ2) is 5.13. The molecule has 3 heteroatoms. The predicted octanol–water partition coefficient (Wildman–Crippen LogP) is 3.98. The van der Waals surface area contributed by atoms with E-state index in [1.165, 1.54) is 19.5 Å². The molecule has 86 valence electrons. The Morgan fingerprint density at radius 1 is 0.938 bits per heavy atom. The zero-order valence-electron chi connectivity index (χ0n) is 9.69. The van der Waals surface area contributed by atoms with Crippen molar-refractivity contribution in [2.45, 2.75) is 32.7 Å². The van der Waals surface area contributed by atoms with Gasteiger partial charge in [-0.25, -0.2) is 0 Å². The molecule has 0 aromatic carbocycles. The minimum absolute atomic E-state index is 0.0654. The zero-order valence-corrected chi connectivity index (χ0v) is 11.3. The van der Waals surface area contributed by atoms with Crippen LogP contribution in [0.3, 0.4) is 0 Å². The summed E-state index contributed by atoms with van der Waals surface area (Å²) in [5.41, 5.74) is 6.27. The van der Waals surface area contributed by atoms with E-state index < -0.39 is 0 Å². The first-order chi connectivity index (χ1) is 7.74. The minimum Gasteiger partial charge on any atom is -0.319 e. The first-order valence-corrected chi connectivity index (χ1v) is 7.30. The van der Waals surface area contributed by atoms with Crippen LogP contribution in [0.15, 0.2) is 24.3 Å². The summed E-state index contributed by atoms with van der Waals surface area (Å²) in [5.74, 6) is 0. The molecule has 0 saturated heterocycles. The molecule has 2 aromatic rings. The quantitative estimate of drug-likeness (QED) is 0.874. The normalized spacial score (nSPS) is 11.2. The van der Waals surface area contributed by atoms with Crippen molar-refractivity contribution >= 4 is 22.7 Å². The highest BCUT2D eigenvalue weighted by Gasteiger charge is 2.13. The van der Waals surface area contributed by atoms with Crippen molar-refractivity contribution in [2.75, 3.05) is 0 Å². The van der Waals surface area contributed by atoms with E-state index in [0.717, 1.165) is 12.8 Å². The maximum Gasteiger partial charge on any atom is 0.0740 e. The van der Waals surface area contributed by atoms with E-state index in [9.17, 15) is 0 Å². The Kier molecular flexibility index (Phi) is 3.79. The van der Waals surface area contributed by atoms with Crippen LogP contribution in [0.1, 0.15) is 39.4 Å². The van der Waals surface area contributed by atoms with Crippen molar-refractivity contribution in [3.8, 4) is 0 Å².